The minimum atomic E-state index is -3.69. The summed E-state index contributed by atoms with van der Waals surface area (Å²) in [5, 5.41) is 2.88. The second kappa shape index (κ2) is 8.49. The Bertz CT molecular complexity index is 972. The van der Waals surface area contributed by atoms with Gasteiger partial charge in [-0.3, -0.25) is 9.59 Å². The standard InChI is InChI=1S/C19H25N3O4S/c1-5-14-8-7-9-15(6-2)19(14)20-17(23)13-22-12-16(10-11-18(22)24)27(25,26)21(3)4/h7-12H,5-6,13H2,1-4H3,(H,20,23). The van der Waals surface area contributed by atoms with Gasteiger partial charge >= 0.3 is 0 Å². The van der Waals surface area contributed by atoms with Gasteiger partial charge in [-0.05, 0) is 30.0 Å². The zero-order chi connectivity index (χ0) is 20.2. The van der Waals surface area contributed by atoms with E-state index in [4.69, 9.17) is 0 Å². The number of para-hydroxylation sites is 1. The summed E-state index contributed by atoms with van der Waals surface area (Å²) in [7, 11) is -0.874. The Hall–Kier alpha value is -2.45. The lowest BCUT2D eigenvalue weighted by atomic mass is 10.0. The topological polar surface area (TPSA) is 88.5 Å². The highest BCUT2D eigenvalue weighted by Crippen LogP contribution is 2.22. The number of hydrogen-bond donors (Lipinski definition) is 1. The van der Waals surface area contributed by atoms with Crippen LogP contribution in [0, 0.1) is 0 Å². The highest BCUT2D eigenvalue weighted by Gasteiger charge is 2.19. The Balaban J connectivity index is 2.31. The number of hydrogen-bond acceptors (Lipinski definition) is 4. The van der Waals surface area contributed by atoms with Crippen LogP contribution in [0.2, 0.25) is 0 Å². The summed E-state index contributed by atoms with van der Waals surface area (Å²) in [5.74, 6) is -0.382. The number of pyridine rings is 1. The van der Waals surface area contributed by atoms with E-state index in [1.165, 1.54) is 26.4 Å². The molecule has 1 heterocycles. The zero-order valence-corrected chi connectivity index (χ0v) is 16.8. The first kappa shape index (κ1) is 20.9. The van der Waals surface area contributed by atoms with Crippen LogP contribution in [0.3, 0.4) is 0 Å². The van der Waals surface area contributed by atoms with Gasteiger partial charge in [0.1, 0.15) is 6.54 Å². The van der Waals surface area contributed by atoms with Crippen molar-refractivity contribution in [3.05, 3.63) is 58.0 Å². The molecule has 0 fully saturated rings. The van der Waals surface area contributed by atoms with Gasteiger partial charge in [-0.15, -0.1) is 0 Å². The third-order valence-electron chi connectivity index (χ3n) is 4.31. The van der Waals surface area contributed by atoms with Crippen molar-refractivity contribution in [1.29, 1.82) is 0 Å². The highest BCUT2D eigenvalue weighted by molar-refractivity contribution is 7.89. The molecule has 0 radical (unpaired) electrons. The molecule has 7 nitrogen and oxygen atoms in total. The summed E-state index contributed by atoms with van der Waals surface area (Å²) >= 11 is 0. The van der Waals surface area contributed by atoms with Gasteiger partial charge < -0.3 is 9.88 Å². The molecule has 146 valence electrons. The SMILES string of the molecule is CCc1cccc(CC)c1NC(=O)Cn1cc(S(=O)(=O)N(C)C)ccc1=O. The van der Waals surface area contributed by atoms with Crippen molar-refractivity contribution >= 4 is 21.6 Å². The maximum Gasteiger partial charge on any atom is 0.251 e. The van der Waals surface area contributed by atoms with Crippen LogP contribution < -0.4 is 10.9 Å². The Morgan fingerprint density at radius 3 is 2.19 bits per heavy atom. The van der Waals surface area contributed by atoms with Crippen molar-refractivity contribution in [3.8, 4) is 0 Å². The molecule has 0 spiro atoms. The molecular formula is C19H25N3O4S. The number of amides is 1. The Labute approximate surface area is 159 Å². The van der Waals surface area contributed by atoms with E-state index in [1.54, 1.807) is 0 Å². The lowest BCUT2D eigenvalue weighted by Gasteiger charge is -2.16. The maximum atomic E-state index is 12.5. The van der Waals surface area contributed by atoms with Gasteiger partial charge in [0.15, 0.2) is 0 Å². The Morgan fingerprint density at radius 1 is 1.07 bits per heavy atom. The van der Waals surface area contributed by atoms with Crippen LogP contribution in [0.15, 0.2) is 46.2 Å². The molecule has 2 aromatic rings. The van der Waals surface area contributed by atoms with Crippen molar-refractivity contribution in [3.63, 3.8) is 0 Å². The van der Waals surface area contributed by atoms with Gasteiger partial charge in [0.2, 0.25) is 15.9 Å². The lowest BCUT2D eigenvalue weighted by Crippen LogP contribution is -2.29. The molecule has 0 bridgehead atoms. The van der Waals surface area contributed by atoms with Gasteiger partial charge in [0.25, 0.3) is 5.56 Å². The highest BCUT2D eigenvalue weighted by atomic mass is 32.2. The van der Waals surface area contributed by atoms with Gasteiger partial charge in [-0.2, -0.15) is 0 Å². The summed E-state index contributed by atoms with van der Waals surface area (Å²) in [6, 6.07) is 8.25. The molecule has 1 aromatic heterocycles. The van der Waals surface area contributed by atoms with Gasteiger partial charge in [0, 0.05) is 32.0 Å². The average Bonchev–Trinajstić information content (AvgIpc) is 2.63. The van der Waals surface area contributed by atoms with Crippen LogP contribution >= 0.6 is 0 Å². The molecule has 1 amide bonds. The molecule has 0 aliphatic heterocycles. The first-order chi connectivity index (χ1) is 12.7. The molecule has 1 N–H and O–H groups in total. The number of nitrogens with zero attached hydrogens (tertiary/aromatic N) is 2. The minimum absolute atomic E-state index is 0.0388. The fourth-order valence-electron chi connectivity index (χ4n) is 2.73. The molecule has 0 saturated carbocycles. The van der Waals surface area contributed by atoms with Crippen LogP contribution in [0.4, 0.5) is 5.69 Å². The molecule has 0 atom stereocenters. The summed E-state index contributed by atoms with van der Waals surface area (Å²) in [5.41, 5.74) is 2.35. The summed E-state index contributed by atoms with van der Waals surface area (Å²) in [6.45, 7) is 3.74. The van der Waals surface area contributed by atoms with E-state index in [0.29, 0.717) is 0 Å². The predicted octanol–water partition coefficient (Wildman–Crippen LogP) is 1.86. The number of anilines is 1. The monoisotopic (exact) mass is 391 g/mol. The second-order valence-electron chi connectivity index (χ2n) is 6.32. The quantitative estimate of drug-likeness (QED) is 0.780. The van der Waals surface area contributed by atoms with Gasteiger partial charge in [-0.25, -0.2) is 12.7 Å². The van der Waals surface area contributed by atoms with E-state index >= 15 is 0 Å². The number of aromatic nitrogens is 1. The van der Waals surface area contributed by atoms with E-state index in [9.17, 15) is 18.0 Å². The Kier molecular flexibility index (Phi) is 6.56. The zero-order valence-electron chi connectivity index (χ0n) is 16.0. The van der Waals surface area contributed by atoms with Crippen molar-refractivity contribution in [1.82, 2.24) is 8.87 Å². The van der Waals surface area contributed by atoms with Gasteiger partial charge in [-0.1, -0.05) is 32.0 Å². The third-order valence-corrected chi connectivity index (χ3v) is 6.11. The normalized spacial score (nSPS) is 11.6. The summed E-state index contributed by atoms with van der Waals surface area (Å²) in [6.07, 6.45) is 2.73. The fourth-order valence-corrected chi connectivity index (χ4v) is 3.66. The summed E-state index contributed by atoms with van der Waals surface area (Å²) in [4.78, 5) is 24.6. The molecule has 8 heteroatoms. The smallest absolute Gasteiger partial charge is 0.251 e. The van der Waals surface area contributed by atoms with Crippen molar-refractivity contribution in [2.24, 2.45) is 0 Å². The first-order valence-corrected chi connectivity index (χ1v) is 10.2. The van der Waals surface area contributed by atoms with Crippen LogP contribution in [0.25, 0.3) is 0 Å². The number of rotatable bonds is 7. The van der Waals surface area contributed by atoms with Crippen LogP contribution in [-0.2, 0) is 34.2 Å². The lowest BCUT2D eigenvalue weighted by molar-refractivity contribution is -0.116. The van der Waals surface area contributed by atoms with Crippen molar-refractivity contribution < 1.29 is 13.2 Å². The predicted molar refractivity (Wildman–Crippen MR) is 105 cm³/mol. The molecule has 0 aliphatic carbocycles. The van der Waals surface area contributed by atoms with E-state index in [1.807, 2.05) is 32.0 Å². The molecule has 27 heavy (non-hydrogen) atoms. The molecular weight excluding hydrogens is 366 g/mol. The molecule has 1 aromatic carbocycles. The van der Waals surface area contributed by atoms with E-state index in [-0.39, 0.29) is 17.3 Å². The van der Waals surface area contributed by atoms with E-state index in [2.05, 4.69) is 5.32 Å². The molecule has 0 aliphatic rings. The number of carbonyl (C=O) groups excluding carboxylic acids is 1. The van der Waals surface area contributed by atoms with Crippen molar-refractivity contribution in [2.45, 2.75) is 38.1 Å². The maximum absolute atomic E-state index is 12.5. The fraction of sp³-hybridized carbons (Fsp3) is 0.368. The number of sulfonamides is 1. The first-order valence-electron chi connectivity index (χ1n) is 8.74. The Morgan fingerprint density at radius 2 is 1.67 bits per heavy atom. The van der Waals surface area contributed by atoms with E-state index in [0.717, 1.165) is 44.6 Å². The van der Waals surface area contributed by atoms with E-state index < -0.39 is 15.6 Å². The number of benzene rings is 1. The minimum Gasteiger partial charge on any atom is -0.324 e. The third kappa shape index (κ3) is 4.64. The van der Waals surface area contributed by atoms with Crippen LogP contribution in [0.5, 0.6) is 0 Å². The molecule has 0 unspecified atom stereocenters. The van der Waals surface area contributed by atoms with Crippen LogP contribution in [0.1, 0.15) is 25.0 Å². The number of carbonyl (C=O) groups is 1. The average molecular weight is 391 g/mol. The largest absolute Gasteiger partial charge is 0.324 e. The molecule has 2 rings (SSSR count). The van der Waals surface area contributed by atoms with Crippen LogP contribution in [-0.4, -0.2) is 37.3 Å². The second-order valence-corrected chi connectivity index (χ2v) is 8.48. The van der Waals surface area contributed by atoms with Crippen molar-refractivity contribution in [2.75, 3.05) is 19.4 Å². The number of nitrogens with one attached hydrogen (secondary N) is 1. The molecule has 0 saturated heterocycles. The number of aryl methyl sites for hydroxylation is 2. The summed E-state index contributed by atoms with van der Waals surface area (Å²) < 4.78 is 26.7. The van der Waals surface area contributed by atoms with Gasteiger partial charge in [0.05, 0.1) is 4.90 Å².